The summed E-state index contributed by atoms with van der Waals surface area (Å²) in [6, 6.07) is 6.11. The summed E-state index contributed by atoms with van der Waals surface area (Å²) in [4.78, 5) is 0. The summed E-state index contributed by atoms with van der Waals surface area (Å²) in [5.41, 5.74) is 1.00. The summed E-state index contributed by atoms with van der Waals surface area (Å²) in [5.74, 6) is 0. The van der Waals surface area contributed by atoms with Crippen molar-refractivity contribution in [2.45, 2.75) is 26.3 Å². The van der Waals surface area contributed by atoms with E-state index in [1.165, 1.54) is 0 Å². The topological polar surface area (TPSA) is 37.8 Å². The molecular formula is C13H15BrClN3S. The standard InChI is InChI=1S/C13H15BrClN3S/c1-3-11(16-4-2)13-18-17-12(19-13)8-5-6-9(14)10(15)7-8/h5-7,11,16H,3-4H2,1-2H3. The highest BCUT2D eigenvalue weighted by molar-refractivity contribution is 9.10. The van der Waals surface area contributed by atoms with Gasteiger partial charge in [-0.15, -0.1) is 10.2 Å². The highest BCUT2D eigenvalue weighted by atomic mass is 79.9. The van der Waals surface area contributed by atoms with Gasteiger partial charge in [-0.05, 0) is 41.0 Å². The molecule has 0 spiro atoms. The highest BCUT2D eigenvalue weighted by Gasteiger charge is 2.15. The summed E-state index contributed by atoms with van der Waals surface area (Å²) < 4.78 is 0.890. The Labute approximate surface area is 130 Å². The van der Waals surface area contributed by atoms with Gasteiger partial charge in [0.15, 0.2) is 0 Å². The monoisotopic (exact) mass is 359 g/mol. The number of hydrogen-bond acceptors (Lipinski definition) is 4. The normalized spacial score (nSPS) is 12.6. The lowest BCUT2D eigenvalue weighted by atomic mass is 10.2. The number of rotatable bonds is 5. The molecule has 0 saturated carbocycles. The molecule has 102 valence electrons. The van der Waals surface area contributed by atoms with E-state index < -0.39 is 0 Å². The van der Waals surface area contributed by atoms with Crippen molar-refractivity contribution in [3.63, 3.8) is 0 Å². The number of benzene rings is 1. The quantitative estimate of drug-likeness (QED) is 0.841. The van der Waals surface area contributed by atoms with Crippen LogP contribution in [0.2, 0.25) is 5.02 Å². The van der Waals surface area contributed by atoms with Gasteiger partial charge in [-0.3, -0.25) is 0 Å². The summed E-state index contributed by atoms with van der Waals surface area (Å²) in [7, 11) is 0. The Morgan fingerprint density at radius 3 is 2.79 bits per heavy atom. The first kappa shape index (κ1) is 14.9. The van der Waals surface area contributed by atoms with Crippen LogP contribution >= 0.6 is 38.9 Å². The fourth-order valence-electron chi connectivity index (χ4n) is 1.77. The molecule has 0 bridgehead atoms. The molecule has 0 aliphatic heterocycles. The molecule has 0 aliphatic rings. The molecule has 1 aromatic heterocycles. The van der Waals surface area contributed by atoms with Crippen LogP contribution in [0.15, 0.2) is 22.7 Å². The Balaban J connectivity index is 2.27. The van der Waals surface area contributed by atoms with Crippen LogP contribution in [-0.4, -0.2) is 16.7 Å². The zero-order valence-corrected chi connectivity index (χ0v) is 13.9. The van der Waals surface area contributed by atoms with Crippen LogP contribution < -0.4 is 5.32 Å². The van der Waals surface area contributed by atoms with Crippen molar-refractivity contribution in [2.24, 2.45) is 0 Å². The first-order valence-electron chi connectivity index (χ1n) is 6.17. The second-order valence-corrected chi connectivity index (χ2v) is 6.36. The van der Waals surface area contributed by atoms with E-state index in [0.717, 1.165) is 33.0 Å². The maximum atomic E-state index is 6.11. The van der Waals surface area contributed by atoms with E-state index in [1.807, 2.05) is 18.2 Å². The van der Waals surface area contributed by atoms with E-state index >= 15 is 0 Å². The molecule has 6 heteroatoms. The third kappa shape index (κ3) is 3.54. The van der Waals surface area contributed by atoms with Gasteiger partial charge in [0.2, 0.25) is 0 Å². The van der Waals surface area contributed by atoms with Crippen molar-refractivity contribution in [1.82, 2.24) is 15.5 Å². The second-order valence-electron chi connectivity index (χ2n) is 4.09. The van der Waals surface area contributed by atoms with Crippen LogP contribution in [0.5, 0.6) is 0 Å². The fourth-order valence-corrected chi connectivity index (χ4v) is 3.20. The first-order chi connectivity index (χ1) is 9.15. The van der Waals surface area contributed by atoms with Gasteiger partial charge in [-0.1, -0.05) is 42.9 Å². The Bertz CT molecular complexity index is 559. The average Bonchev–Trinajstić information content (AvgIpc) is 2.88. The number of nitrogens with one attached hydrogen (secondary N) is 1. The maximum Gasteiger partial charge on any atom is 0.147 e. The minimum atomic E-state index is 0.280. The van der Waals surface area contributed by atoms with Crippen LogP contribution in [-0.2, 0) is 0 Å². The summed E-state index contributed by atoms with van der Waals surface area (Å²) in [5, 5.41) is 14.6. The van der Waals surface area contributed by atoms with Crippen LogP contribution in [0.4, 0.5) is 0 Å². The van der Waals surface area contributed by atoms with E-state index in [0.29, 0.717) is 5.02 Å². The number of halogens is 2. The predicted molar refractivity (Wildman–Crippen MR) is 84.8 cm³/mol. The van der Waals surface area contributed by atoms with Crippen molar-refractivity contribution in [1.29, 1.82) is 0 Å². The van der Waals surface area contributed by atoms with Crippen LogP contribution in [0, 0.1) is 0 Å². The van der Waals surface area contributed by atoms with Crippen LogP contribution in [0.25, 0.3) is 10.6 Å². The highest BCUT2D eigenvalue weighted by Crippen LogP contribution is 2.32. The van der Waals surface area contributed by atoms with Crippen molar-refractivity contribution in [3.8, 4) is 10.6 Å². The molecule has 19 heavy (non-hydrogen) atoms. The van der Waals surface area contributed by atoms with Crippen LogP contribution in [0.1, 0.15) is 31.3 Å². The predicted octanol–water partition coefficient (Wildman–Crippen LogP) is 4.68. The average molecular weight is 361 g/mol. The minimum absolute atomic E-state index is 0.280. The summed E-state index contributed by atoms with van der Waals surface area (Å²) in [6.07, 6.45) is 1.00. The second kappa shape index (κ2) is 6.79. The molecule has 1 aromatic carbocycles. The zero-order chi connectivity index (χ0) is 13.8. The maximum absolute atomic E-state index is 6.11. The third-order valence-electron chi connectivity index (χ3n) is 2.76. The van der Waals surface area contributed by atoms with E-state index in [2.05, 4.69) is 45.3 Å². The molecule has 0 radical (unpaired) electrons. The Hall–Kier alpha value is -0.490. The summed E-state index contributed by atoms with van der Waals surface area (Å²) in [6.45, 7) is 5.17. The van der Waals surface area contributed by atoms with Crippen molar-refractivity contribution >= 4 is 38.9 Å². The zero-order valence-electron chi connectivity index (χ0n) is 10.8. The Morgan fingerprint density at radius 1 is 1.37 bits per heavy atom. The van der Waals surface area contributed by atoms with Gasteiger partial charge in [-0.25, -0.2) is 0 Å². The number of hydrogen-bond donors (Lipinski definition) is 1. The van der Waals surface area contributed by atoms with Gasteiger partial charge >= 0.3 is 0 Å². The molecule has 1 N–H and O–H groups in total. The lowest BCUT2D eigenvalue weighted by Crippen LogP contribution is -2.19. The largest absolute Gasteiger partial charge is 0.308 e. The van der Waals surface area contributed by atoms with Crippen molar-refractivity contribution in [3.05, 3.63) is 32.7 Å². The molecule has 2 rings (SSSR count). The number of nitrogens with zero attached hydrogens (tertiary/aromatic N) is 2. The van der Waals surface area contributed by atoms with E-state index in [1.54, 1.807) is 11.3 Å². The van der Waals surface area contributed by atoms with E-state index in [-0.39, 0.29) is 6.04 Å². The molecule has 2 aromatic rings. The molecule has 0 aliphatic carbocycles. The molecule has 3 nitrogen and oxygen atoms in total. The van der Waals surface area contributed by atoms with Gasteiger partial charge in [0, 0.05) is 10.0 Å². The van der Waals surface area contributed by atoms with Gasteiger partial charge in [0.25, 0.3) is 0 Å². The molecular weight excluding hydrogens is 346 g/mol. The molecule has 0 amide bonds. The lowest BCUT2D eigenvalue weighted by Gasteiger charge is -2.10. The number of aromatic nitrogens is 2. The minimum Gasteiger partial charge on any atom is -0.308 e. The van der Waals surface area contributed by atoms with Gasteiger partial charge in [-0.2, -0.15) is 0 Å². The van der Waals surface area contributed by atoms with Crippen LogP contribution in [0.3, 0.4) is 0 Å². The van der Waals surface area contributed by atoms with Gasteiger partial charge in [0.05, 0.1) is 11.1 Å². The van der Waals surface area contributed by atoms with E-state index in [9.17, 15) is 0 Å². The van der Waals surface area contributed by atoms with Crippen molar-refractivity contribution in [2.75, 3.05) is 6.54 Å². The summed E-state index contributed by atoms with van der Waals surface area (Å²) >= 11 is 11.1. The fraction of sp³-hybridized carbons (Fsp3) is 0.385. The Morgan fingerprint density at radius 2 is 2.16 bits per heavy atom. The first-order valence-corrected chi connectivity index (χ1v) is 8.16. The molecule has 0 saturated heterocycles. The Kier molecular flexibility index (Phi) is 5.33. The van der Waals surface area contributed by atoms with Gasteiger partial charge in [0.1, 0.15) is 10.0 Å². The molecule has 1 unspecified atom stereocenters. The van der Waals surface area contributed by atoms with Gasteiger partial charge < -0.3 is 5.32 Å². The van der Waals surface area contributed by atoms with E-state index in [4.69, 9.17) is 11.6 Å². The SMILES string of the molecule is CCNC(CC)c1nnc(-c2ccc(Br)c(Cl)c2)s1. The molecule has 1 heterocycles. The third-order valence-corrected chi connectivity index (χ3v) is 5.08. The lowest BCUT2D eigenvalue weighted by molar-refractivity contribution is 0.531. The van der Waals surface area contributed by atoms with Crippen molar-refractivity contribution < 1.29 is 0 Å². The molecule has 0 fully saturated rings. The molecule has 1 atom stereocenters. The smallest absolute Gasteiger partial charge is 0.147 e.